The monoisotopic (exact) mass is 262 g/mol. The first-order valence-electron chi connectivity index (χ1n) is 7.21. The van der Waals surface area contributed by atoms with Crippen molar-refractivity contribution in [3.63, 3.8) is 0 Å². The lowest BCUT2D eigenvalue weighted by Gasteiger charge is -2.48. The van der Waals surface area contributed by atoms with E-state index in [4.69, 9.17) is 10.5 Å². The van der Waals surface area contributed by atoms with Gasteiger partial charge in [0.1, 0.15) is 0 Å². The average molecular weight is 262 g/mol. The second-order valence-corrected chi connectivity index (χ2v) is 5.62. The minimum atomic E-state index is -0.0111. The lowest BCUT2D eigenvalue weighted by Crippen LogP contribution is -2.61. The maximum atomic E-state index is 6.14. The van der Waals surface area contributed by atoms with Crippen molar-refractivity contribution in [3.8, 4) is 0 Å². The van der Waals surface area contributed by atoms with Gasteiger partial charge in [-0.25, -0.2) is 0 Å². The smallest absolute Gasteiger partial charge is 0.0767 e. The first-order chi connectivity index (χ1) is 9.23. The summed E-state index contributed by atoms with van der Waals surface area (Å²) in [7, 11) is 3.99. The topological polar surface area (TPSA) is 38.5 Å². The molecule has 2 rings (SSSR count). The molecule has 1 fully saturated rings. The molecule has 3 nitrogen and oxygen atoms in total. The van der Waals surface area contributed by atoms with E-state index in [9.17, 15) is 0 Å². The van der Waals surface area contributed by atoms with Gasteiger partial charge in [-0.15, -0.1) is 0 Å². The van der Waals surface area contributed by atoms with E-state index in [1.807, 2.05) is 7.11 Å². The quantitative estimate of drug-likeness (QED) is 0.885. The minimum Gasteiger partial charge on any atom is -0.379 e. The van der Waals surface area contributed by atoms with Gasteiger partial charge in [-0.3, -0.25) is 4.90 Å². The van der Waals surface area contributed by atoms with Gasteiger partial charge in [0, 0.05) is 20.2 Å². The lowest BCUT2D eigenvalue weighted by molar-refractivity contribution is -0.0688. The molecule has 0 bridgehead atoms. The summed E-state index contributed by atoms with van der Waals surface area (Å²) >= 11 is 0. The first kappa shape index (κ1) is 14.5. The van der Waals surface area contributed by atoms with Crippen LogP contribution in [-0.2, 0) is 11.3 Å². The zero-order valence-corrected chi connectivity index (χ0v) is 12.1. The maximum absolute atomic E-state index is 6.14. The Morgan fingerprint density at radius 3 is 2.68 bits per heavy atom. The standard InChI is InChI=1S/C16H26N2O/c1-18(12-14-8-4-3-5-9-14)16(13-17)11-7-6-10-15(16)19-2/h3-5,8-9,15H,6-7,10-13,17H2,1-2H3. The van der Waals surface area contributed by atoms with Crippen molar-refractivity contribution >= 4 is 0 Å². The van der Waals surface area contributed by atoms with Crippen molar-refractivity contribution < 1.29 is 4.74 Å². The van der Waals surface area contributed by atoms with Gasteiger partial charge < -0.3 is 10.5 Å². The van der Waals surface area contributed by atoms with E-state index in [0.717, 1.165) is 19.4 Å². The van der Waals surface area contributed by atoms with Crippen LogP contribution in [0.5, 0.6) is 0 Å². The molecule has 1 aromatic rings. The van der Waals surface area contributed by atoms with Crippen LogP contribution in [0.25, 0.3) is 0 Å². The third-order valence-corrected chi connectivity index (χ3v) is 4.59. The molecule has 19 heavy (non-hydrogen) atoms. The summed E-state index contributed by atoms with van der Waals surface area (Å²) in [5, 5.41) is 0. The molecule has 0 aliphatic heterocycles. The largest absolute Gasteiger partial charge is 0.379 e. The summed E-state index contributed by atoms with van der Waals surface area (Å²) in [5.74, 6) is 0. The molecule has 3 heteroatoms. The molecule has 1 saturated carbocycles. The van der Waals surface area contributed by atoms with E-state index < -0.39 is 0 Å². The molecule has 1 aliphatic carbocycles. The fourth-order valence-corrected chi connectivity index (χ4v) is 3.37. The summed E-state index contributed by atoms with van der Waals surface area (Å²) in [6, 6.07) is 10.6. The Morgan fingerprint density at radius 2 is 2.05 bits per heavy atom. The van der Waals surface area contributed by atoms with Crippen LogP contribution in [0, 0.1) is 0 Å². The van der Waals surface area contributed by atoms with Gasteiger partial charge in [0.25, 0.3) is 0 Å². The molecular formula is C16H26N2O. The highest BCUT2D eigenvalue weighted by Crippen LogP contribution is 2.35. The van der Waals surface area contributed by atoms with Gasteiger partial charge in [0.05, 0.1) is 11.6 Å². The van der Waals surface area contributed by atoms with Gasteiger partial charge in [-0.1, -0.05) is 43.2 Å². The highest BCUT2D eigenvalue weighted by molar-refractivity contribution is 5.15. The normalized spacial score (nSPS) is 27.7. The Balaban J connectivity index is 2.15. The molecule has 0 amide bonds. The van der Waals surface area contributed by atoms with Gasteiger partial charge in [0.15, 0.2) is 0 Å². The highest BCUT2D eigenvalue weighted by Gasteiger charge is 2.43. The van der Waals surface area contributed by atoms with Crippen molar-refractivity contribution in [2.24, 2.45) is 5.73 Å². The first-order valence-corrected chi connectivity index (χ1v) is 7.21. The van der Waals surface area contributed by atoms with Crippen LogP contribution in [0.1, 0.15) is 31.2 Å². The molecule has 1 aliphatic rings. The van der Waals surface area contributed by atoms with E-state index in [2.05, 4.69) is 42.3 Å². The van der Waals surface area contributed by atoms with Crippen molar-refractivity contribution in [2.45, 2.75) is 43.9 Å². The predicted octanol–water partition coefficient (Wildman–Crippen LogP) is 2.40. The minimum absolute atomic E-state index is 0.0111. The number of likely N-dealkylation sites (N-methyl/N-ethyl adjacent to an activating group) is 1. The van der Waals surface area contributed by atoms with Crippen molar-refractivity contribution in [2.75, 3.05) is 20.7 Å². The van der Waals surface area contributed by atoms with Gasteiger partial charge in [0.2, 0.25) is 0 Å². The van der Waals surface area contributed by atoms with Crippen molar-refractivity contribution in [3.05, 3.63) is 35.9 Å². The molecule has 2 N–H and O–H groups in total. The fraction of sp³-hybridized carbons (Fsp3) is 0.625. The zero-order valence-electron chi connectivity index (χ0n) is 12.1. The van der Waals surface area contributed by atoms with E-state index in [0.29, 0.717) is 6.54 Å². The van der Waals surface area contributed by atoms with Crippen LogP contribution >= 0.6 is 0 Å². The van der Waals surface area contributed by atoms with E-state index >= 15 is 0 Å². The van der Waals surface area contributed by atoms with E-state index in [1.54, 1.807) is 0 Å². The van der Waals surface area contributed by atoms with E-state index in [-0.39, 0.29) is 11.6 Å². The predicted molar refractivity (Wildman–Crippen MR) is 79.0 cm³/mol. The Morgan fingerprint density at radius 1 is 1.32 bits per heavy atom. The molecule has 2 unspecified atom stereocenters. The Hall–Kier alpha value is -0.900. The SMILES string of the molecule is COC1CCCCC1(CN)N(C)Cc1ccccc1. The molecule has 1 aromatic carbocycles. The number of benzene rings is 1. The molecule has 0 spiro atoms. The fourth-order valence-electron chi connectivity index (χ4n) is 3.37. The van der Waals surface area contributed by atoms with Crippen molar-refractivity contribution in [1.29, 1.82) is 0 Å². The van der Waals surface area contributed by atoms with Gasteiger partial charge >= 0.3 is 0 Å². The summed E-state index contributed by atoms with van der Waals surface area (Å²) in [6.45, 7) is 1.59. The average Bonchev–Trinajstić information content (AvgIpc) is 2.47. The second kappa shape index (κ2) is 6.51. The molecular weight excluding hydrogens is 236 g/mol. The number of hydrogen-bond donors (Lipinski definition) is 1. The number of hydrogen-bond acceptors (Lipinski definition) is 3. The second-order valence-electron chi connectivity index (χ2n) is 5.62. The van der Waals surface area contributed by atoms with Crippen LogP contribution in [0.15, 0.2) is 30.3 Å². The van der Waals surface area contributed by atoms with E-state index in [1.165, 1.54) is 18.4 Å². The number of ether oxygens (including phenoxy) is 1. The van der Waals surface area contributed by atoms with Crippen LogP contribution in [0.2, 0.25) is 0 Å². The van der Waals surface area contributed by atoms with Crippen LogP contribution in [0.4, 0.5) is 0 Å². The molecule has 0 radical (unpaired) electrons. The summed E-state index contributed by atoms with van der Waals surface area (Å²) in [6.07, 6.45) is 4.99. The number of nitrogens with two attached hydrogens (primary N) is 1. The van der Waals surface area contributed by atoms with Crippen molar-refractivity contribution in [1.82, 2.24) is 4.90 Å². The number of methoxy groups -OCH3 is 1. The maximum Gasteiger partial charge on any atom is 0.0767 e. The molecule has 2 atom stereocenters. The zero-order chi connectivity index (χ0) is 13.7. The lowest BCUT2D eigenvalue weighted by atomic mass is 9.77. The van der Waals surface area contributed by atoms with Gasteiger partial charge in [-0.05, 0) is 25.5 Å². The third kappa shape index (κ3) is 2.99. The Bertz CT molecular complexity index is 382. The molecule has 0 heterocycles. The summed E-state index contributed by atoms with van der Waals surface area (Å²) < 4.78 is 5.74. The molecule has 0 saturated heterocycles. The highest BCUT2D eigenvalue weighted by atomic mass is 16.5. The van der Waals surface area contributed by atoms with Crippen LogP contribution in [0.3, 0.4) is 0 Å². The Kier molecular flexibility index (Phi) is 4.97. The van der Waals surface area contributed by atoms with Crippen LogP contribution in [-0.4, -0.2) is 37.2 Å². The number of nitrogens with zero attached hydrogens (tertiary/aromatic N) is 1. The molecule has 0 aromatic heterocycles. The Labute approximate surface area is 116 Å². The summed E-state index contributed by atoms with van der Waals surface area (Å²) in [4.78, 5) is 2.40. The number of rotatable bonds is 5. The molecule has 106 valence electrons. The summed E-state index contributed by atoms with van der Waals surface area (Å²) in [5.41, 5.74) is 7.46. The van der Waals surface area contributed by atoms with Gasteiger partial charge in [-0.2, -0.15) is 0 Å². The van der Waals surface area contributed by atoms with Crippen LogP contribution < -0.4 is 5.73 Å². The third-order valence-electron chi connectivity index (χ3n) is 4.59.